The van der Waals surface area contributed by atoms with Gasteiger partial charge in [0.25, 0.3) is 0 Å². The second kappa shape index (κ2) is 5.03. The summed E-state index contributed by atoms with van der Waals surface area (Å²) in [7, 11) is 0. The summed E-state index contributed by atoms with van der Waals surface area (Å²) in [5.41, 5.74) is 2.42. The second-order valence-electron chi connectivity index (χ2n) is 3.29. The predicted molar refractivity (Wildman–Crippen MR) is 57.8 cm³/mol. The molecule has 1 aromatic heterocycles. The molecule has 0 aromatic carbocycles. The number of alkyl halides is 1. The fourth-order valence-corrected chi connectivity index (χ4v) is 1.42. The van der Waals surface area contributed by atoms with Crippen molar-refractivity contribution in [3.05, 3.63) is 35.7 Å². The first-order chi connectivity index (χ1) is 6.24. The fraction of sp³-hybridized carbons (Fsp3) is 0.364. The molecule has 1 nitrogen and oxygen atoms in total. The first-order valence-electron chi connectivity index (χ1n) is 4.40. The van der Waals surface area contributed by atoms with Crippen LogP contribution in [-0.4, -0.2) is 10.9 Å². The van der Waals surface area contributed by atoms with Crippen LogP contribution in [0.4, 0.5) is 0 Å². The molecule has 0 saturated heterocycles. The summed E-state index contributed by atoms with van der Waals surface area (Å²) in [5.74, 6) is 1.10. The standard InChI is InChI=1S/C11H14ClN/c1-9(2)11(8-12)7-10-3-5-13-6-4-10/h3-7,9H,8H2,1-2H3. The molecule has 1 aromatic rings. The van der Waals surface area contributed by atoms with Crippen molar-refractivity contribution in [3.8, 4) is 0 Å². The summed E-state index contributed by atoms with van der Waals surface area (Å²) in [5, 5.41) is 0. The Morgan fingerprint density at radius 1 is 1.46 bits per heavy atom. The van der Waals surface area contributed by atoms with E-state index < -0.39 is 0 Å². The minimum atomic E-state index is 0.505. The van der Waals surface area contributed by atoms with Gasteiger partial charge >= 0.3 is 0 Å². The van der Waals surface area contributed by atoms with Crippen LogP contribution in [0.1, 0.15) is 19.4 Å². The number of nitrogens with zero attached hydrogens (tertiary/aromatic N) is 1. The smallest absolute Gasteiger partial charge is 0.0439 e. The maximum Gasteiger partial charge on any atom is 0.0439 e. The number of hydrogen-bond acceptors (Lipinski definition) is 1. The van der Waals surface area contributed by atoms with E-state index in [1.54, 1.807) is 12.4 Å². The predicted octanol–water partition coefficient (Wildman–Crippen LogP) is 3.36. The Morgan fingerprint density at radius 3 is 2.54 bits per heavy atom. The molecule has 0 spiro atoms. The van der Waals surface area contributed by atoms with Crippen molar-refractivity contribution in [1.29, 1.82) is 0 Å². The van der Waals surface area contributed by atoms with Gasteiger partial charge in [0.1, 0.15) is 0 Å². The zero-order valence-corrected chi connectivity index (χ0v) is 8.75. The SMILES string of the molecule is CC(C)C(=Cc1ccncc1)CCl. The molecule has 0 N–H and O–H groups in total. The molecule has 0 aliphatic heterocycles. The maximum absolute atomic E-state index is 5.83. The van der Waals surface area contributed by atoms with Gasteiger partial charge < -0.3 is 0 Å². The highest BCUT2D eigenvalue weighted by atomic mass is 35.5. The van der Waals surface area contributed by atoms with E-state index in [0.29, 0.717) is 11.8 Å². The Morgan fingerprint density at radius 2 is 2.08 bits per heavy atom. The molecule has 0 atom stereocenters. The van der Waals surface area contributed by atoms with E-state index in [2.05, 4.69) is 24.9 Å². The molecule has 0 fully saturated rings. The second-order valence-corrected chi connectivity index (χ2v) is 3.56. The lowest BCUT2D eigenvalue weighted by molar-refractivity contribution is 0.778. The van der Waals surface area contributed by atoms with Crippen LogP contribution in [0.5, 0.6) is 0 Å². The monoisotopic (exact) mass is 195 g/mol. The van der Waals surface area contributed by atoms with E-state index in [1.807, 2.05) is 12.1 Å². The molecule has 0 saturated carbocycles. The van der Waals surface area contributed by atoms with Crippen molar-refractivity contribution in [2.75, 3.05) is 5.88 Å². The van der Waals surface area contributed by atoms with Gasteiger partial charge in [-0.05, 0) is 23.6 Å². The Bertz CT molecular complexity index is 277. The highest BCUT2D eigenvalue weighted by Crippen LogP contribution is 2.15. The maximum atomic E-state index is 5.83. The quantitative estimate of drug-likeness (QED) is 0.674. The topological polar surface area (TPSA) is 12.9 Å². The Balaban J connectivity index is 2.85. The number of allylic oxidation sites excluding steroid dienone is 1. The molecule has 2 heteroatoms. The fourth-order valence-electron chi connectivity index (χ4n) is 1.03. The van der Waals surface area contributed by atoms with E-state index in [-0.39, 0.29) is 0 Å². The molecule has 0 aliphatic rings. The van der Waals surface area contributed by atoms with Crippen LogP contribution in [0.2, 0.25) is 0 Å². The normalized spacial score (nSPS) is 12.2. The van der Waals surface area contributed by atoms with Gasteiger partial charge in [-0.1, -0.05) is 25.5 Å². The van der Waals surface area contributed by atoms with Crippen LogP contribution in [0.15, 0.2) is 30.1 Å². The number of halogens is 1. The molecular weight excluding hydrogens is 182 g/mol. The van der Waals surface area contributed by atoms with E-state index in [0.717, 1.165) is 0 Å². The molecule has 0 unspecified atom stereocenters. The third-order valence-electron chi connectivity index (χ3n) is 1.95. The van der Waals surface area contributed by atoms with Gasteiger partial charge in [0.15, 0.2) is 0 Å². The lowest BCUT2D eigenvalue weighted by Crippen LogP contribution is -1.94. The molecule has 0 aliphatic carbocycles. The van der Waals surface area contributed by atoms with Crippen LogP contribution in [0.3, 0.4) is 0 Å². The third kappa shape index (κ3) is 3.19. The Labute approximate surface area is 84.5 Å². The van der Waals surface area contributed by atoms with Gasteiger partial charge in [-0.3, -0.25) is 4.98 Å². The highest BCUT2D eigenvalue weighted by Gasteiger charge is 2.00. The van der Waals surface area contributed by atoms with Crippen LogP contribution in [-0.2, 0) is 0 Å². The van der Waals surface area contributed by atoms with E-state index in [9.17, 15) is 0 Å². The summed E-state index contributed by atoms with van der Waals surface area (Å²) in [4.78, 5) is 3.96. The molecular formula is C11H14ClN. The molecule has 0 bridgehead atoms. The summed E-state index contributed by atoms with van der Waals surface area (Å²) < 4.78 is 0. The number of pyridine rings is 1. The number of hydrogen-bond donors (Lipinski definition) is 0. The largest absolute Gasteiger partial charge is 0.265 e. The number of rotatable bonds is 3. The van der Waals surface area contributed by atoms with Crippen molar-refractivity contribution in [2.45, 2.75) is 13.8 Å². The molecule has 70 valence electrons. The van der Waals surface area contributed by atoms with E-state index in [1.165, 1.54) is 11.1 Å². The summed E-state index contributed by atoms with van der Waals surface area (Å²) in [6.45, 7) is 4.30. The van der Waals surface area contributed by atoms with Crippen molar-refractivity contribution in [3.63, 3.8) is 0 Å². The van der Waals surface area contributed by atoms with Gasteiger partial charge in [-0.25, -0.2) is 0 Å². The highest BCUT2D eigenvalue weighted by molar-refractivity contribution is 6.19. The summed E-state index contributed by atoms with van der Waals surface area (Å²) >= 11 is 5.83. The van der Waals surface area contributed by atoms with Gasteiger partial charge in [-0.15, -0.1) is 11.6 Å². The van der Waals surface area contributed by atoms with Gasteiger partial charge in [0, 0.05) is 18.3 Å². The first kappa shape index (κ1) is 10.3. The first-order valence-corrected chi connectivity index (χ1v) is 4.94. The average molecular weight is 196 g/mol. The molecule has 0 amide bonds. The molecule has 13 heavy (non-hydrogen) atoms. The average Bonchev–Trinajstić information content (AvgIpc) is 2.15. The van der Waals surface area contributed by atoms with E-state index >= 15 is 0 Å². The van der Waals surface area contributed by atoms with Crippen LogP contribution >= 0.6 is 11.6 Å². The molecule has 1 rings (SSSR count). The lowest BCUT2D eigenvalue weighted by atomic mass is 10.0. The molecule has 0 radical (unpaired) electrons. The van der Waals surface area contributed by atoms with Crippen molar-refractivity contribution in [2.24, 2.45) is 5.92 Å². The Kier molecular flexibility index (Phi) is 3.97. The Hall–Kier alpha value is -0.820. The zero-order chi connectivity index (χ0) is 9.68. The minimum Gasteiger partial charge on any atom is -0.265 e. The van der Waals surface area contributed by atoms with Gasteiger partial charge in [0.2, 0.25) is 0 Å². The van der Waals surface area contributed by atoms with Crippen molar-refractivity contribution >= 4 is 17.7 Å². The van der Waals surface area contributed by atoms with Crippen LogP contribution in [0.25, 0.3) is 6.08 Å². The zero-order valence-electron chi connectivity index (χ0n) is 8.00. The van der Waals surface area contributed by atoms with Gasteiger partial charge in [0.05, 0.1) is 0 Å². The molecule has 1 heterocycles. The van der Waals surface area contributed by atoms with Crippen LogP contribution in [0, 0.1) is 5.92 Å². The van der Waals surface area contributed by atoms with E-state index in [4.69, 9.17) is 11.6 Å². The summed E-state index contributed by atoms with van der Waals surface area (Å²) in [6.07, 6.45) is 5.70. The van der Waals surface area contributed by atoms with Crippen molar-refractivity contribution in [1.82, 2.24) is 4.98 Å². The van der Waals surface area contributed by atoms with Crippen LogP contribution < -0.4 is 0 Å². The van der Waals surface area contributed by atoms with Crippen molar-refractivity contribution < 1.29 is 0 Å². The van der Waals surface area contributed by atoms with Gasteiger partial charge in [-0.2, -0.15) is 0 Å². The third-order valence-corrected chi connectivity index (χ3v) is 2.26. The minimum absolute atomic E-state index is 0.505. The number of aromatic nitrogens is 1. The summed E-state index contributed by atoms with van der Waals surface area (Å²) in [6, 6.07) is 3.96. The lowest BCUT2D eigenvalue weighted by Gasteiger charge is -2.06.